The van der Waals surface area contributed by atoms with Crippen molar-refractivity contribution in [2.75, 3.05) is 0 Å². The van der Waals surface area contributed by atoms with Crippen LogP contribution >= 0.6 is 0 Å². The maximum Gasteiger partial charge on any atom is 0.0284 e. The molecule has 4 aromatic rings. The third kappa shape index (κ3) is 22.7. The van der Waals surface area contributed by atoms with Crippen molar-refractivity contribution in [3.63, 3.8) is 0 Å². The number of allylic oxidation sites excluding steroid dienone is 4. The molecule has 0 aliphatic rings. The van der Waals surface area contributed by atoms with E-state index in [9.17, 15) is 0 Å². The second-order valence-corrected chi connectivity index (χ2v) is 19.0. The van der Waals surface area contributed by atoms with Gasteiger partial charge in [-0.1, -0.05) is 289 Å². The van der Waals surface area contributed by atoms with Crippen molar-refractivity contribution in [3.8, 4) is 11.8 Å². The Labute approximate surface area is 406 Å². The van der Waals surface area contributed by atoms with Gasteiger partial charge < -0.3 is 0 Å². The predicted molar refractivity (Wildman–Crippen MR) is 296 cm³/mol. The normalized spacial score (nSPS) is 11.8. The van der Waals surface area contributed by atoms with E-state index >= 15 is 0 Å². The summed E-state index contributed by atoms with van der Waals surface area (Å²) in [4.78, 5) is 0. The summed E-state index contributed by atoms with van der Waals surface area (Å²) in [5.74, 6) is 7.83. The van der Waals surface area contributed by atoms with E-state index in [1.807, 2.05) is 0 Å². The van der Waals surface area contributed by atoms with Gasteiger partial charge in [0.05, 0.1) is 0 Å². The third-order valence-electron chi connectivity index (χ3n) is 13.2. The van der Waals surface area contributed by atoms with Gasteiger partial charge in [-0.05, 0) is 108 Å². The fourth-order valence-corrected chi connectivity index (χ4v) is 9.10. The molecule has 0 aliphatic carbocycles. The topological polar surface area (TPSA) is 0 Å². The van der Waals surface area contributed by atoms with E-state index in [0.29, 0.717) is 0 Å². The lowest BCUT2D eigenvalue weighted by Gasteiger charge is -2.14. The molecule has 66 heavy (non-hydrogen) atoms. The van der Waals surface area contributed by atoms with E-state index in [-0.39, 0.29) is 0 Å². The van der Waals surface area contributed by atoms with Gasteiger partial charge in [-0.25, -0.2) is 0 Å². The van der Waals surface area contributed by atoms with Crippen LogP contribution in [0.25, 0.3) is 24.3 Å². The molecule has 0 bridgehead atoms. The van der Waals surface area contributed by atoms with E-state index in [2.05, 4.69) is 173 Å². The fourth-order valence-electron chi connectivity index (χ4n) is 9.10. The number of hydrogen-bond acceptors (Lipinski definition) is 0. The van der Waals surface area contributed by atoms with Crippen LogP contribution in [0, 0.1) is 11.8 Å². The summed E-state index contributed by atoms with van der Waals surface area (Å²) in [6, 6.07) is 31.4. The van der Waals surface area contributed by atoms with Crippen molar-refractivity contribution >= 4 is 24.3 Å². The summed E-state index contributed by atoms with van der Waals surface area (Å²) in [5, 5.41) is 0. The number of hydrogen-bond donors (Lipinski definition) is 0. The zero-order chi connectivity index (χ0) is 46.5. The van der Waals surface area contributed by atoms with Gasteiger partial charge in [-0.3, -0.25) is 0 Å². The lowest BCUT2D eigenvalue weighted by molar-refractivity contribution is 0.605. The Morgan fingerprint density at radius 3 is 0.924 bits per heavy atom. The SMILES string of the molecule is CCCCCCCCc1cc(/C=C/C=C/c2ccccc2)c(CCCCCCCC)cc1C#Cc1cc(CCCCCCCC)c(/C=C/C=C/c2ccccc2)cc1CCCCCCCC. The number of unbranched alkanes of at least 4 members (excludes halogenated alkanes) is 20. The molecule has 0 saturated carbocycles. The highest BCUT2D eigenvalue weighted by Crippen LogP contribution is 2.26. The minimum absolute atomic E-state index is 1.09. The van der Waals surface area contributed by atoms with Crippen LogP contribution in [0.2, 0.25) is 0 Å². The molecule has 0 radical (unpaired) electrons. The summed E-state index contributed by atoms with van der Waals surface area (Å²) >= 11 is 0. The first-order valence-electron chi connectivity index (χ1n) is 27.3. The van der Waals surface area contributed by atoms with Crippen molar-refractivity contribution in [1.29, 1.82) is 0 Å². The van der Waals surface area contributed by atoms with Crippen molar-refractivity contribution < 1.29 is 0 Å². The predicted octanol–water partition coefficient (Wildman–Crippen LogP) is 20.2. The van der Waals surface area contributed by atoms with E-state index < -0.39 is 0 Å². The Bertz CT molecular complexity index is 1890. The van der Waals surface area contributed by atoms with E-state index in [1.165, 1.54) is 210 Å². The standard InChI is InChI=1S/C66H90/c1-5-9-13-17-21-31-45-59-55-65(63(47-33-23-19-15-11-7-3)53-61(59)49-37-35-43-57-39-27-25-28-40-57)51-52-66-56-60(46-32-22-18-14-10-6-2)62(50-38-36-44-58-41-29-26-30-42-58)54-64(66)48-34-24-20-16-12-8-4/h25-30,35-44,49-50,53-56H,5-24,31-34,45-48H2,1-4H3/b43-35+,44-36+,49-37+,50-38+. The highest BCUT2D eigenvalue weighted by molar-refractivity contribution is 5.65. The molecule has 0 nitrogen and oxygen atoms in total. The first kappa shape index (κ1) is 54.0. The van der Waals surface area contributed by atoms with Gasteiger partial charge >= 0.3 is 0 Å². The van der Waals surface area contributed by atoms with Crippen molar-refractivity contribution in [2.24, 2.45) is 0 Å². The van der Waals surface area contributed by atoms with Crippen molar-refractivity contribution in [3.05, 3.63) is 165 Å². The van der Waals surface area contributed by atoms with Gasteiger partial charge in [0.2, 0.25) is 0 Å². The minimum atomic E-state index is 1.09. The summed E-state index contributed by atoms with van der Waals surface area (Å²) in [6.45, 7) is 9.25. The molecule has 0 aromatic heterocycles. The van der Waals surface area contributed by atoms with Crippen LogP contribution in [0.3, 0.4) is 0 Å². The van der Waals surface area contributed by atoms with E-state index in [4.69, 9.17) is 0 Å². The molecular formula is C66H90. The van der Waals surface area contributed by atoms with E-state index in [0.717, 1.165) is 25.7 Å². The first-order chi connectivity index (χ1) is 32.6. The van der Waals surface area contributed by atoms with Crippen LogP contribution in [0.4, 0.5) is 0 Å². The average Bonchev–Trinajstić information content (AvgIpc) is 3.34. The van der Waals surface area contributed by atoms with Gasteiger partial charge in [0.25, 0.3) is 0 Å². The van der Waals surface area contributed by atoms with Crippen molar-refractivity contribution in [1.82, 2.24) is 0 Å². The second kappa shape index (κ2) is 35.6. The lowest BCUT2D eigenvalue weighted by atomic mass is 9.90. The Kier molecular flexibility index (Phi) is 29.1. The number of benzene rings is 4. The molecule has 0 saturated heterocycles. The third-order valence-corrected chi connectivity index (χ3v) is 13.2. The van der Waals surface area contributed by atoms with Crippen LogP contribution < -0.4 is 0 Å². The minimum Gasteiger partial charge on any atom is -0.0654 e. The number of aryl methyl sites for hydroxylation is 4. The summed E-state index contributed by atoms with van der Waals surface area (Å²) < 4.78 is 0. The van der Waals surface area contributed by atoms with Gasteiger partial charge in [-0.2, -0.15) is 0 Å². The molecule has 0 fully saturated rings. The smallest absolute Gasteiger partial charge is 0.0284 e. The second-order valence-electron chi connectivity index (χ2n) is 19.0. The van der Waals surface area contributed by atoms with Crippen LogP contribution in [0.5, 0.6) is 0 Å². The van der Waals surface area contributed by atoms with Gasteiger partial charge in [0.15, 0.2) is 0 Å². The zero-order valence-electron chi connectivity index (χ0n) is 42.5. The monoisotopic (exact) mass is 883 g/mol. The van der Waals surface area contributed by atoms with Gasteiger partial charge in [-0.15, -0.1) is 0 Å². The summed E-state index contributed by atoms with van der Waals surface area (Å²) in [7, 11) is 0. The van der Waals surface area contributed by atoms with E-state index in [1.54, 1.807) is 0 Å². The molecule has 4 aromatic carbocycles. The lowest BCUT2D eigenvalue weighted by Crippen LogP contribution is -2.00. The Hall–Kier alpha value is -4.60. The molecule has 0 aliphatic heterocycles. The molecular weight excluding hydrogens is 793 g/mol. The Morgan fingerprint density at radius 1 is 0.303 bits per heavy atom. The van der Waals surface area contributed by atoms with Crippen LogP contribution in [0.1, 0.15) is 237 Å². The molecule has 0 atom stereocenters. The average molecular weight is 883 g/mol. The van der Waals surface area contributed by atoms with Crippen molar-refractivity contribution in [2.45, 2.75) is 207 Å². The largest absolute Gasteiger partial charge is 0.0654 e. The van der Waals surface area contributed by atoms with Gasteiger partial charge in [0, 0.05) is 11.1 Å². The molecule has 4 rings (SSSR count). The maximum atomic E-state index is 3.91. The molecule has 0 spiro atoms. The quantitative estimate of drug-likeness (QED) is 0.0249. The zero-order valence-corrected chi connectivity index (χ0v) is 42.5. The maximum absolute atomic E-state index is 3.91. The van der Waals surface area contributed by atoms with Gasteiger partial charge in [0.1, 0.15) is 0 Å². The number of rotatable bonds is 34. The van der Waals surface area contributed by atoms with Crippen LogP contribution in [0.15, 0.2) is 109 Å². The molecule has 0 unspecified atom stereocenters. The molecule has 0 heterocycles. The van der Waals surface area contributed by atoms with Crippen LogP contribution in [-0.2, 0) is 25.7 Å². The summed E-state index contributed by atoms with van der Waals surface area (Å²) in [6.07, 6.45) is 53.8. The summed E-state index contributed by atoms with van der Waals surface area (Å²) in [5.41, 5.74) is 13.5. The highest BCUT2D eigenvalue weighted by atomic mass is 14.2. The Morgan fingerprint density at radius 2 is 0.591 bits per heavy atom. The highest BCUT2D eigenvalue weighted by Gasteiger charge is 2.11. The molecule has 0 amide bonds. The first-order valence-corrected chi connectivity index (χ1v) is 27.3. The molecule has 0 heteroatoms. The van der Waals surface area contributed by atoms with Crippen LogP contribution in [-0.4, -0.2) is 0 Å². The molecule has 354 valence electrons. The Balaban J connectivity index is 1.77. The molecule has 0 N–H and O–H groups in total. The fraction of sp³-hybridized carbons (Fsp3) is 0.485.